The summed E-state index contributed by atoms with van der Waals surface area (Å²) in [6, 6.07) is 10.0. The van der Waals surface area contributed by atoms with Crippen LogP contribution in [-0.2, 0) is 0 Å². The van der Waals surface area contributed by atoms with Crippen molar-refractivity contribution >= 4 is 17.7 Å². The summed E-state index contributed by atoms with van der Waals surface area (Å²) in [4.78, 5) is 15.7. The molecule has 0 saturated heterocycles. The number of benzene rings is 1. The zero-order chi connectivity index (χ0) is 14.5. The number of aromatic carboxylic acids is 1. The van der Waals surface area contributed by atoms with Crippen molar-refractivity contribution in [3.05, 3.63) is 47.7 Å². The molecule has 0 unspecified atom stereocenters. The van der Waals surface area contributed by atoms with E-state index in [0.29, 0.717) is 21.2 Å². The fourth-order valence-electron chi connectivity index (χ4n) is 1.52. The Morgan fingerprint density at radius 3 is 2.85 bits per heavy atom. The number of aromatic nitrogens is 1. The molecule has 0 aliphatic heterocycles. The van der Waals surface area contributed by atoms with E-state index < -0.39 is 5.97 Å². The summed E-state index contributed by atoms with van der Waals surface area (Å²) in [5, 5.41) is 18.5. The quantitative estimate of drug-likeness (QED) is 0.930. The highest BCUT2D eigenvalue weighted by atomic mass is 32.2. The molecule has 5 nitrogen and oxygen atoms in total. The van der Waals surface area contributed by atoms with E-state index in [0.717, 1.165) is 0 Å². The molecule has 0 radical (unpaired) electrons. The molecule has 0 fully saturated rings. The number of ether oxygens (including phenoxy) is 1. The number of pyridine rings is 1. The minimum Gasteiger partial charge on any atom is -0.497 e. The van der Waals surface area contributed by atoms with Crippen LogP contribution >= 0.6 is 11.8 Å². The number of carbonyl (C=O) groups is 1. The Labute approximate surface area is 119 Å². The first kappa shape index (κ1) is 13.9. The van der Waals surface area contributed by atoms with Crippen LogP contribution < -0.4 is 4.74 Å². The van der Waals surface area contributed by atoms with E-state index in [1.54, 1.807) is 25.3 Å². The highest BCUT2D eigenvalue weighted by Gasteiger charge is 2.09. The molecule has 1 aromatic carbocycles. The fraction of sp³-hybridized carbons (Fsp3) is 0.0714. The smallest absolute Gasteiger partial charge is 0.335 e. The van der Waals surface area contributed by atoms with Gasteiger partial charge in [-0.3, -0.25) is 0 Å². The van der Waals surface area contributed by atoms with Gasteiger partial charge in [-0.15, -0.1) is 0 Å². The van der Waals surface area contributed by atoms with E-state index in [1.165, 1.54) is 30.1 Å². The van der Waals surface area contributed by atoms with Crippen molar-refractivity contribution in [1.29, 1.82) is 5.26 Å². The summed E-state index contributed by atoms with van der Waals surface area (Å²) < 4.78 is 5.12. The van der Waals surface area contributed by atoms with Gasteiger partial charge in [0.25, 0.3) is 0 Å². The van der Waals surface area contributed by atoms with E-state index in [9.17, 15) is 4.79 Å². The van der Waals surface area contributed by atoms with Crippen LogP contribution in [0, 0.1) is 11.3 Å². The normalized spacial score (nSPS) is 9.80. The number of hydrogen-bond donors (Lipinski definition) is 1. The average Bonchev–Trinajstić information content (AvgIpc) is 2.47. The van der Waals surface area contributed by atoms with Gasteiger partial charge in [-0.2, -0.15) is 5.26 Å². The maximum absolute atomic E-state index is 10.9. The molecule has 0 amide bonds. The minimum absolute atomic E-state index is 0.156. The number of nitrogens with zero attached hydrogens (tertiary/aromatic N) is 2. The molecule has 0 saturated carbocycles. The van der Waals surface area contributed by atoms with Gasteiger partial charge in [0.05, 0.1) is 18.2 Å². The molecule has 100 valence electrons. The third-order valence-corrected chi connectivity index (χ3v) is 3.50. The number of nitriles is 1. The standard InChI is InChI=1S/C14H10N2O3S/c1-19-11-3-2-10(8-15)12(7-11)20-13-6-9(14(17)18)4-5-16-13/h2-7H,1H3,(H,17,18). The van der Waals surface area contributed by atoms with Crippen LogP contribution in [0.4, 0.5) is 0 Å². The van der Waals surface area contributed by atoms with E-state index in [4.69, 9.17) is 15.1 Å². The van der Waals surface area contributed by atoms with Gasteiger partial charge in [0.1, 0.15) is 16.8 Å². The molecule has 0 aliphatic rings. The Balaban J connectivity index is 2.36. The lowest BCUT2D eigenvalue weighted by Gasteiger charge is -2.06. The molecule has 2 rings (SSSR count). The van der Waals surface area contributed by atoms with E-state index in [1.807, 2.05) is 0 Å². The van der Waals surface area contributed by atoms with Gasteiger partial charge in [0, 0.05) is 11.1 Å². The third kappa shape index (κ3) is 3.08. The largest absolute Gasteiger partial charge is 0.497 e. The molecule has 1 N–H and O–H groups in total. The van der Waals surface area contributed by atoms with Crippen LogP contribution in [0.1, 0.15) is 15.9 Å². The van der Waals surface area contributed by atoms with Crippen LogP contribution in [0.3, 0.4) is 0 Å². The van der Waals surface area contributed by atoms with Gasteiger partial charge in [-0.25, -0.2) is 9.78 Å². The Hall–Kier alpha value is -2.52. The lowest BCUT2D eigenvalue weighted by Crippen LogP contribution is -1.96. The van der Waals surface area contributed by atoms with Gasteiger partial charge >= 0.3 is 5.97 Å². The second-order valence-electron chi connectivity index (χ2n) is 3.76. The van der Waals surface area contributed by atoms with Gasteiger partial charge < -0.3 is 9.84 Å². The molecule has 0 aliphatic carbocycles. The first-order chi connectivity index (χ1) is 9.63. The van der Waals surface area contributed by atoms with Crippen LogP contribution in [0.5, 0.6) is 5.75 Å². The highest BCUT2D eigenvalue weighted by Crippen LogP contribution is 2.32. The molecular formula is C14H10N2O3S. The monoisotopic (exact) mass is 286 g/mol. The summed E-state index contributed by atoms with van der Waals surface area (Å²) in [5.74, 6) is -0.388. The van der Waals surface area contributed by atoms with Crippen molar-refractivity contribution in [2.45, 2.75) is 9.92 Å². The summed E-state index contributed by atoms with van der Waals surface area (Å²) >= 11 is 1.22. The van der Waals surface area contributed by atoms with Crippen LogP contribution in [0.2, 0.25) is 0 Å². The SMILES string of the molecule is COc1ccc(C#N)c(Sc2cc(C(=O)O)ccn2)c1. The van der Waals surface area contributed by atoms with Gasteiger partial charge in [0.2, 0.25) is 0 Å². The van der Waals surface area contributed by atoms with Crippen molar-refractivity contribution < 1.29 is 14.6 Å². The second kappa shape index (κ2) is 6.08. The molecule has 0 atom stereocenters. The zero-order valence-electron chi connectivity index (χ0n) is 10.5. The lowest BCUT2D eigenvalue weighted by atomic mass is 10.2. The van der Waals surface area contributed by atoms with Crippen LogP contribution in [0.25, 0.3) is 0 Å². The second-order valence-corrected chi connectivity index (χ2v) is 4.83. The van der Waals surface area contributed by atoms with Crippen molar-refractivity contribution in [3.8, 4) is 11.8 Å². The van der Waals surface area contributed by atoms with Crippen LogP contribution in [-0.4, -0.2) is 23.2 Å². The lowest BCUT2D eigenvalue weighted by molar-refractivity contribution is 0.0696. The van der Waals surface area contributed by atoms with Gasteiger partial charge in [0.15, 0.2) is 0 Å². The Morgan fingerprint density at radius 2 is 2.20 bits per heavy atom. The highest BCUT2D eigenvalue weighted by molar-refractivity contribution is 7.99. The molecule has 20 heavy (non-hydrogen) atoms. The van der Waals surface area contributed by atoms with Gasteiger partial charge in [-0.1, -0.05) is 11.8 Å². The Bertz CT molecular complexity index is 695. The van der Waals surface area contributed by atoms with Crippen molar-refractivity contribution in [2.75, 3.05) is 7.11 Å². The summed E-state index contributed by atoms with van der Waals surface area (Å²) in [6.45, 7) is 0. The van der Waals surface area contributed by atoms with Crippen molar-refractivity contribution in [1.82, 2.24) is 4.98 Å². The summed E-state index contributed by atoms with van der Waals surface area (Å²) in [7, 11) is 1.54. The van der Waals surface area contributed by atoms with E-state index in [2.05, 4.69) is 11.1 Å². The Kier molecular flexibility index (Phi) is 4.23. The van der Waals surface area contributed by atoms with E-state index >= 15 is 0 Å². The topological polar surface area (TPSA) is 83.2 Å². The number of rotatable bonds is 4. The van der Waals surface area contributed by atoms with E-state index in [-0.39, 0.29) is 5.56 Å². The molecule has 0 bridgehead atoms. The molecule has 2 aromatic rings. The number of hydrogen-bond acceptors (Lipinski definition) is 5. The summed E-state index contributed by atoms with van der Waals surface area (Å²) in [6.07, 6.45) is 1.43. The van der Waals surface area contributed by atoms with Gasteiger partial charge in [-0.05, 0) is 30.3 Å². The average molecular weight is 286 g/mol. The number of carboxylic acids is 1. The minimum atomic E-state index is -1.01. The number of methoxy groups -OCH3 is 1. The fourth-order valence-corrected chi connectivity index (χ4v) is 2.44. The molecule has 0 spiro atoms. The molecule has 6 heteroatoms. The predicted molar refractivity (Wildman–Crippen MR) is 73.0 cm³/mol. The first-order valence-corrected chi connectivity index (χ1v) is 6.41. The predicted octanol–water partition coefficient (Wildman–Crippen LogP) is 2.81. The molecular weight excluding hydrogens is 276 g/mol. The van der Waals surface area contributed by atoms with Crippen LogP contribution in [0.15, 0.2) is 46.5 Å². The Morgan fingerprint density at radius 1 is 1.40 bits per heavy atom. The maximum atomic E-state index is 10.9. The zero-order valence-corrected chi connectivity index (χ0v) is 11.3. The van der Waals surface area contributed by atoms with Crippen molar-refractivity contribution in [2.24, 2.45) is 0 Å². The number of carboxylic acid groups (broad SMARTS) is 1. The molecule has 1 aromatic heterocycles. The maximum Gasteiger partial charge on any atom is 0.335 e. The molecule has 1 heterocycles. The summed E-state index contributed by atoms with van der Waals surface area (Å²) in [5.41, 5.74) is 0.641. The van der Waals surface area contributed by atoms with Crippen molar-refractivity contribution in [3.63, 3.8) is 0 Å². The third-order valence-electron chi connectivity index (χ3n) is 2.51. The first-order valence-electron chi connectivity index (χ1n) is 5.59.